The fourth-order valence-corrected chi connectivity index (χ4v) is 3.10. The molecule has 3 nitrogen and oxygen atoms in total. The molecule has 116 valence electrons. The van der Waals surface area contributed by atoms with E-state index in [1.807, 2.05) is 12.1 Å². The molecule has 2 aromatic carbocycles. The first kappa shape index (κ1) is 14.8. The van der Waals surface area contributed by atoms with Crippen LogP contribution in [0.2, 0.25) is 0 Å². The van der Waals surface area contributed by atoms with Gasteiger partial charge in [0.1, 0.15) is 12.4 Å². The van der Waals surface area contributed by atoms with Gasteiger partial charge < -0.3 is 15.4 Å². The van der Waals surface area contributed by atoms with Crippen LogP contribution in [0.5, 0.6) is 5.75 Å². The number of ether oxygens (including phenoxy) is 1. The second kappa shape index (κ2) is 6.73. The number of anilines is 2. The Hall–Kier alpha value is -2.16. The van der Waals surface area contributed by atoms with Crippen molar-refractivity contribution < 1.29 is 4.74 Å². The van der Waals surface area contributed by atoms with Gasteiger partial charge in [-0.3, -0.25) is 0 Å². The SMILES string of the molecule is CCc1ccccc1OCCN1CCCc2ccc(N)cc21. The molecule has 0 bridgehead atoms. The number of hydrogen-bond donors (Lipinski definition) is 1. The summed E-state index contributed by atoms with van der Waals surface area (Å²) in [7, 11) is 0. The lowest BCUT2D eigenvalue weighted by Gasteiger charge is -2.31. The van der Waals surface area contributed by atoms with Gasteiger partial charge in [0.05, 0.1) is 6.54 Å². The monoisotopic (exact) mass is 296 g/mol. The summed E-state index contributed by atoms with van der Waals surface area (Å²) >= 11 is 0. The highest BCUT2D eigenvalue weighted by Gasteiger charge is 2.16. The summed E-state index contributed by atoms with van der Waals surface area (Å²) in [4.78, 5) is 2.39. The molecule has 1 aliphatic rings. The van der Waals surface area contributed by atoms with Crippen molar-refractivity contribution in [1.82, 2.24) is 0 Å². The van der Waals surface area contributed by atoms with E-state index in [9.17, 15) is 0 Å². The van der Waals surface area contributed by atoms with Gasteiger partial charge in [0.2, 0.25) is 0 Å². The molecule has 0 spiro atoms. The minimum Gasteiger partial charge on any atom is -0.491 e. The normalized spacial score (nSPS) is 13.8. The predicted octanol–water partition coefficient (Wildman–Crippen LogP) is 3.66. The maximum atomic E-state index is 6.00. The Morgan fingerprint density at radius 3 is 2.91 bits per heavy atom. The van der Waals surface area contributed by atoms with E-state index >= 15 is 0 Å². The maximum absolute atomic E-state index is 6.00. The van der Waals surface area contributed by atoms with Crippen molar-refractivity contribution in [2.75, 3.05) is 30.3 Å². The zero-order valence-corrected chi connectivity index (χ0v) is 13.2. The number of para-hydroxylation sites is 1. The van der Waals surface area contributed by atoms with Crippen molar-refractivity contribution in [3.05, 3.63) is 53.6 Å². The molecule has 1 aliphatic heterocycles. The summed E-state index contributed by atoms with van der Waals surface area (Å²) < 4.78 is 6.00. The second-order valence-corrected chi connectivity index (χ2v) is 5.79. The van der Waals surface area contributed by atoms with Gasteiger partial charge in [0.25, 0.3) is 0 Å². The number of nitrogens with two attached hydrogens (primary N) is 1. The molecule has 3 heteroatoms. The Morgan fingerprint density at radius 2 is 2.05 bits per heavy atom. The Balaban J connectivity index is 1.64. The van der Waals surface area contributed by atoms with Crippen molar-refractivity contribution in [3.63, 3.8) is 0 Å². The number of nitrogens with zero attached hydrogens (tertiary/aromatic N) is 1. The lowest BCUT2D eigenvalue weighted by molar-refractivity contribution is 0.319. The average Bonchev–Trinajstić information content (AvgIpc) is 2.55. The number of aryl methyl sites for hydroxylation is 2. The predicted molar refractivity (Wildman–Crippen MR) is 92.7 cm³/mol. The summed E-state index contributed by atoms with van der Waals surface area (Å²) in [6, 6.07) is 14.5. The summed E-state index contributed by atoms with van der Waals surface area (Å²) in [5, 5.41) is 0. The zero-order chi connectivity index (χ0) is 15.4. The van der Waals surface area contributed by atoms with Crippen LogP contribution >= 0.6 is 0 Å². The van der Waals surface area contributed by atoms with Crippen LogP contribution in [-0.2, 0) is 12.8 Å². The second-order valence-electron chi connectivity index (χ2n) is 5.79. The summed E-state index contributed by atoms with van der Waals surface area (Å²) in [5.41, 5.74) is 10.7. The molecule has 0 atom stereocenters. The summed E-state index contributed by atoms with van der Waals surface area (Å²) in [6.07, 6.45) is 3.34. The number of nitrogen functional groups attached to an aromatic ring is 1. The maximum Gasteiger partial charge on any atom is 0.122 e. The molecule has 3 rings (SSSR count). The first-order valence-corrected chi connectivity index (χ1v) is 8.12. The van der Waals surface area contributed by atoms with E-state index in [2.05, 4.69) is 42.2 Å². The van der Waals surface area contributed by atoms with Crippen LogP contribution in [-0.4, -0.2) is 19.7 Å². The highest BCUT2D eigenvalue weighted by molar-refractivity contribution is 5.62. The zero-order valence-electron chi connectivity index (χ0n) is 13.2. The molecule has 0 amide bonds. The van der Waals surface area contributed by atoms with E-state index in [4.69, 9.17) is 10.5 Å². The van der Waals surface area contributed by atoms with Gasteiger partial charge in [-0.15, -0.1) is 0 Å². The molecule has 0 fully saturated rings. The minimum atomic E-state index is 0.700. The van der Waals surface area contributed by atoms with Gasteiger partial charge in [-0.1, -0.05) is 31.2 Å². The van der Waals surface area contributed by atoms with Crippen molar-refractivity contribution in [3.8, 4) is 5.75 Å². The van der Waals surface area contributed by atoms with Crippen LogP contribution in [0.25, 0.3) is 0 Å². The summed E-state index contributed by atoms with van der Waals surface area (Å²) in [5.74, 6) is 1.01. The van der Waals surface area contributed by atoms with Crippen molar-refractivity contribution >= 4 is 11.4 Å². The molecule has 0 radical (unpaired) electrons. The van der Waals surface area contributed by atoms with Crippen LogP contribution in [0.3, 0.4) is 0 Å². The molecule has 0 aromatic heterocycles. The van der Waals surface area contributed by atoms with Crippen LogP contribution in [0.4, 0.5) is 11.4 Å². The number of fused-ring (bicyclic) bond motifs is 1. The Morgan fingerprint density at radius 1 is 1.18 bits per heavy atom. The molecule has 1 heterocycles. The van der Waals surface area contributed by atoms with Gasteiger partial charge in [0, 0.05) is 17.9 Å². The van der Waals surface area contributed by atoms with Crippen molar-refractivity contribution in [1.29, 1.82) is 0 Å². The Bertz CT molecular complexity index is 639. The Kier molecular flexibility index (Phi) is 4.52. The minimum absolute atomic E-state index is 0.700. The smallest absolute Gasteiger partial charge is 0.122 e. The molecule has 0 saturated heterocycles. The van der Waals surface area contributed by atoms with E-state index in [1.165, 1.54) is 23.2 Å². The number of benzene rings is 2. The van der Waals surface area contributed by atoms with Crippen LogP contribution in [0.1, 0.15) is 24.5 Å². The molecule has 0 aliphatic carbocycles. The van der Waals surface area contributed by atoms with Gasteiger partial charge in [-0.2, -0.15) is 0 Å². The van der Waals surface area contributed by atoms with E-state index in [1.54, 1.807) is 0 Å². The summed E-state index contributed by atoms with van der Waals surface area (Å²) in [6.45, 7) is 4.83. The van der Waals surface area contributed by atoms with E-state index in [0.29, 0.717) is 6.61 Å². The molecule has 2 N–H and O–H groups in total. The fourth-order valence-electron chi connectivity index (χ4n) is 3.10. The van der Waals surface area contributed by atoms with E-state index in [-0.39, 0.29) is 0 Å². The van der Waals surface area contributed by atoms with Crippen LogP contribution in [0, 0.1) is 0 Å². The number of rotatable bonds is 5. The lowest BCUT2D eigenvalue weighted by atomic mass is 10.0. The Labute approximate surface area is 132 Å². The van der Waals surface area contributed by atoms with Crippen LogP contribution in [0.15, 0.2) is 42.5 Å². The average molecular weight is 296 g/mol. The molecular formula is C19H24N2O. The highest BCUT2D eigenvalue weighted by atomic mass is 16.5. The molecule has 0 saturated carbocycles. The lowest BCUT2D eigenvalue weighted by Crippen LogP contribution is -2.33. The third-order valence-electron chi connectivity index (χ3n) is 4.30. The van der Waals surface area contributed by atoms with Gasteiger partial charge in [-0.25, -0.2) is 0 Å². The van der Waals surface area contributed by atoms with Crippen molar-refractivity contribution in [2.24, 2.45) is 0 Å². The van der Waals surface area contributed by atoms with Crippen LogP contribution < -0.4 is 15.4 Å². The van der Waals surface area contributed by atoms with E-state index < -0.39 is 0 Å². The van der Waals surface area contributed by atoms with Gasteiger partial charge >= 0.3 is 0 Å². The topological polar surface area (TPSA) is 38.5 Å². The first-order chi connectivity index (χ1) is 10.8. The number of hydrogen-bond acceptors (Lipinski definition) is 3. The van der Waals surface area contributed by atoms with Gasteiger partial charge in [0.15, 0.2) is 0 Å². The largest absolute Gasteiger partial charge is 0.491 e. The third-order valence-corrected chi connectivity index (χ3v) is 4.30. The third kappa shape index (κ3) is 3.19. The molecule has 2 aromatic rings. The quantitative estimate of drug-likeness (QED) is 0.856. The van der Waals surface area contributed by atoms with E-state index in [0.717, 1.165) is 37.4 Å². The molecular weight excluding hydrogens is 272 g/mol. The first-order valence-electron chi connectivity index (χ1n) is 8.12. The highest BCUT2D eigenvalue weighted by Crippen LogP contribution is 2.29. The molecule has 22 heavy (non-hydrogen) atoms. The van der Waals surface area contributed by atoms with Gasteiger partial charge in [-0.05, 0) is 48.6 Å². The standard InChI is InChI=1S/C19H24N2O/c1-2-15-6-3-4-8-19(15)22-13-12-21-11-5-7-16-9-10-17(20)14-18(16)21/h3-4,6,8-10,14H,2,5,7,11-13,20H2,1H3. The molecule has 0 unspecified atom stereocenters. The van der Waals surface area contributed by atoms with Crippen molar-refractivity contribution in [2.45, 2.75) is 26.2 Å². The fraction of sp³-hybridized carbons (Fsp3) is 0.368.